The molecule has 0 aromatic heterocycles. The van der Waals surface area contributed by atoms with Gasteiger partial charge in [0, 0.05) is 35.6 Å². The molecule has 1 amide bonds. The minimum Gasteiger partial charge on any atom is -0.493 e. The van der Waals surface area contributed by atoms with Gasteiger partial charge in [0.05, 0.1) is 22.6 Å². The van der Waals surface area contributed by atoms with E-state index in [1.165, 1.54) is 21.3 Å². The first-order valence-corrected chi connectivity index (χ1v) is 16.1. The molecule has 41 heavy (non-hydrogen) atoms. The number of hydrogen-bond acceptors (Lipinski definition) is 5. The van der Waals surface area contributed by atoms with Crippen LogP contribution in [0, 0.1) is 5.92 Å². The Kier molecular flexibility index (Phi) is 10.2. The molecule has 4 rings (SSSR count). The Morgan fingerprint density at radius 3 is 2.39 bits per heavy atom. The zero-order chi connectivity index (χ0) is 29.8. The predicted octanol–water partition coefficient (Wildman–Crippen LogP) is 7.56. The van der Waals surface area contributed by atoms with Crippen LogP contribution in [0.4, 0.5) is 4.79 Å². The largest absolute Gasteiger partial charge is 0.493 e. The summed E-state index contributed by atoms with van der Waals surface area (Å²) in [5, 5.41) is 0.433. The number of halogens is 3. The highest BCUT2D eigenvalue weighted by atomic mass is 35.5. The van der Waals surface area contributed by atoms with E-state index in [1.807, 2.05) is 51.1 Å². The number of amides is 1. The fraction of sp³-hybridized carbons (Fsp3) is 0.400. The van der Waals surface area contributed by atoms with Crippen LogP contribution in [-0.2, 0) is 15.6 Å². The highest BCUT2D eigenvalue weighted by Gasteiger charge is 2.38. The first-order chi connectivity index (χ1) is 19.4. The van der Waals surface area contributed by atoms with E-state index >= 15 is 0 Å². The third kappa shape index (κ3) is 7.17. The monoisotopic (exact) mass is 637 g/mol. The van der Waals surface area contributed by atoms with Gasteiger partial charge in [0.15, 0.2) is 0 Å². The summed E-state index contributed by atoms with van der Waals surface area (Å²) in [6, 6.07) is 11.8. The molecule has 0 spiro atoms. The minimum absolute atomic E-state index is 0.0190. The number of allylic oxidation sites excluding steroid dienone is 3. The number of hydrogen-bond donors (Lipinski definition) is 0. The molecule has 1 aliphatic heterocycles. The molecule has 2 aromatic carbocycles. The van der Waals surface area contributed by atoms with Crippen molar-refractivity contribution in [3.05, 3.63) is 81.9 Å². The summed E-state index contributed by atoms with van der Waals surface area (Å²) in [5.74, 6) is 0.620. The van der Waals surface area contributed by atoms with E-state index in [-0.39, 0.29) is 16.6 Å². The van der Waals surface area contributed by atoms with Gasteiger partial charge in [-0.25, -0.2) is 8.42 Å². The molecule has 11 heteroatoms. The van der Waals surface area contributed by atoms with Crippen LogP contribution in [0.25, 0.3) is 0 Å². The Hall–Kier alpha value is -2.36. The third-order valence-corrected chi connectivity index (χ3v) is 9.91. The summed E-state index contributed by atoms with van der Waals surface area (Å²) in [7, 11) is -3.77. The summed E-state index contributed by atoms with van der Waals surface area (Å²) < 4.78 is 34.6. The van der Waals surface area contributed by atoms with Crippen molar-refractivity contribution in [3.63, 3.8) is 0 Å². The van der Waals surface area contributed by atoms with Crippen LogP contribution in [0.3, 0.4) is 0 Å². The Morgan fingerprint density at radius 2 is 1.80 bits per heavy atom. The van der Waals surface area contributed by atoms with Crippen LogP contribution in [-0.4, -0.2) is 55.1 Å². The van der Waals surface area contributed by atoms with E-state index in [0.717, 1.165) is 18.4 Å². The summed E-state index contributed by atoms with van der Waals surface area (Å²) in [6.45, 7) is 7.08. The quantitative estimate of drug-likeness (QED) is 0.123. The van der Waals surface area contributed by atoms with Crippen molar-refractivity contribution in [2.45, 2.75) is 50.5 Å². The Balaban J connectivity index is 1.90. The smallest absolute Gasteiger partial charge is 0.322 e. The Bertz CT molecular complexity index is 1460. The highest BCUT2D eigenvalue weighted by molar-refractivity contribution is 7.89. The second-order valence-electron chi connectivity index (χ2n) is 10.5. The van der Waals surface area contributed by atoms with Crippen LogP contribution in [0.2, 0.25) is 5.02 Å². The van der Waals surface area contributed by atoms with Crippen LogP contribution >= 0.6 is 34.8 Å². The van der Waals surface area contributed by atoms with Gasteiger partial charge in [0.25, 0.3) is 0 Å². The van der Waals surface area contributed by atoms with Gasteiger partial charge in [0.2, 0.25) is 10.0 Å². The lowest BCUT2D eigenvalue weighted by Crippen LogP contribution is -2.48. The molecular formula is C30H34Cl3N3O4S. The number of amidine groups is 1. The van der Waals surface area contributed by atoms with Crippen LogP contribution < -0.4 is 4.74 Å². The van der Waals surface area contributed by atoms with Gasteiger partial charge < -0.3 is 4.74 Å². The van der Waals surface area contributed by atoms with Crippen molar-refractivity contribution in [3.8, 4) is 5.75 Å². The fourth-order valence-electron chi connectivity index (χ4n) is 5.01. The number of carbonyl (C=O) groups excluding carboxylic acids is 1. The number of sulfonamides is 1. The molecule has 0 unspecified atom stereocenters. The molecule has 1 fully saturated rings. The molecule has 0 radical (unpaired) electrons. The number of carbonyl (C=O) groups is 1. The molecule has 0 N–H and O–H groups in total. The van der Waals surface area contributed by atoms with Crippen molar-refractivity contribution >= 4 is 56.0 Å². The van der Waals surface area contributed by atoms with E-state index in [1.54, 1.807) is 18.2 Å². The maximum Gasteiger partial charge on any atom is 0.322 e. The topological polar surface area (TPSA) is 79.3 Å². The maximum absolute atomic E-state index is 13.6. The molecule has 0 bridgehead atoms. The molecule has 1 aliphatic carbocycles. The lowest BCUT2D eigenvalue weighted by atomic mass is 9.91. The summed E-state index contributed by atoms with van der Waals surface area (Å²) in [5.41, 5.74) is 0.118. The summed E-state index contributed by atoms with van der Waals surface area (Å²) in [6.07, 6.45) is 8.00. The zero-order valence-electron chi connectivity index (χ0n) is 23.3. The summed E-state index contributed by atoms with van der Waals surface area (Å²) >= 11 is 18.6. The Labute approximate surface area is 257 Å². The fourth-order valence-corrected chi connectivity index (χ4v) is 7.13. The van der Waals surface area contributed by atoms with E-state index in [4.69, 9.17) is 44.5 Å². The highest BCUT2D eigenvalue weighted by Crippen LogP contribution is 2.36. The van der Waals surface area contributed by atoms with Gasteiger partial charge in [-0.2, -0.15) is 4.31 Å². The number of nitrogens with zero attached hydrogens (tertiary/aromatic N) is 3. The van der Waals surface area contributed by atoms with Gasteiger partial charge in [-0.1, -0.05) is 47.5 Å². The SMILES string of the molecule is CCOc1ccc(S(=O)(=O)N2CCCC2)cc1C(=NC[C@@H]1C=CC(Cl)=CC1)N(C(=O)Cl)C(C)(C)c1ccc(Cl)cc1. The molecule has 0 saturated carbocycles. The van der Waals surface area contributed by atoms with Gasteiger partial charge in [-0.15, -0.1) is 0 Å². The minimum atomic E-state index is -3.77. The standard InChI is InChI=1S/C30H34Cl3N3O4S/c1-4-40-27-16-15-25(41(38,39)35-17-5-6-18-35)19-26(27)28(34-20-21-7-11-23(31)12-8-21)36(29(33)37)30(2,3)22-9-13-24(32)14-10-22/h7,9-16,19,21H,4-6,8,17-18,20H2,1-3H3/t21-/m1/s1. The van der Waals surface area contributed by atoms with Crippen LogP contribution in [0.15, 0.2) is 75.6 Å². The first kappa shape index (κ1) is 31.6. The van der Waals surface area contributed by atoms with Crippen molar-refractivity contribution in [2.75, 3.05) is 26.2 Å². The maximum atomic E-state index is 13.6. The molecule has 2 aliphatic rings. The normalized spacial score (nSPS) is 18.3. The lowest BCUT2D eigenvalue weighted by molar-refractivity contribution is 0.206. The summed E-state index contributed by atoms with van der Waals surface area (Å²) in [4.78, 5) is 19.7. The second-order valence-corrected chi connectivity index (χ2v) is 13.6. The zero-order valence-corrected chi connectivity index (χ0v) is 26.4. The number of ether oxygens (including phenoxy) is 1. The van der Waals surface area contributed by atoms with Gasteiger partial charge in [0.1, 0.15) is 11.6 Å². The van der Waals surface area contributed by atoms with Gasteiger partial charge in [-0.05, 0) is 93.6 Å². The first-order valence-electron chi connectivity index (χ1n) is 13.6. The number of aliphatic imine (C=N–C) groups is 1. The van der Waals surface area contributed by atoms with Crippen LogP contribution in [0.5, 0.6) is 5.75 Å². The van der Waals surface area contributed by atoms with Gasteiger partial charge in [-0.3, -0.25) is 14.7 Å². The molecule has 7 nitrogen and oxygen atoms in total. The van der Waals surface area contributed by atoms with Crippen molar-refractivity contribution in [1.29, 1.82) is 0 Å². The van der Waals surface area contributed by atoms with Crippen molar-refractivity contribution in [1.82, 2.24) is 9.21 Å². The molecule has 220 valence electrons. The molecule has 1 saturated heterocycles. The number of rotatable bonds is 9. The average Bonchev–Trinajstić information content (AvgIpc) is 3.48. The van der Waals surface area contributed by atoms with Crippen LogP contribution in [0.1, 0.15) is 51.2 Å². The molecule has 1 heterocycles. The third-order valence-electron chi connectivity index (χ3n) is 7.31. The van der Waals surface area contributed by atoms with E-state index in [9.17, 15) is 13.2 Å². The lowest BCUT2D eigenvalue weighted by Gasteiger charge is -2.38. The van der Waals surface area contributed by atoms with Gasteiger partial charge >= 0.3 is 5.37 Å². The molecule has 1 atom stereocenters. The molecular weight excluding hydrogens is 605 g/mol. The molecule has 2 aromatic rings. The number of benzene rings is 2. The van der Waals surface area contributed by atoms with Crippen molar-refractivity contribution in [2.24, 2.45) is 10.9 Å². The van der Waals surface area contributed by atoms with E-state index < -0.39 is 20.9 Å². The Morgan fingerprint density at radius 1 is 1.12 bits per heavy atom. The van der Waals surface area contributed by atoms with Crippen molar-refractivity contribution < 1.29 is 17.9 Å². The van der Waals surface area contributed by atoms with E-state index in [2.05, 4.69) is 0 Å². The second kappa shape index (κ2) is 13.3. The predicted molar refractivity (Wildman–Crippen MR) is 166 cm³/mol. The van der Waals surface area contributed by atoms with E-state index in [0.29, 0.717) is 54.0 Å². The average molecular weight is 639 g/mol.